The molecule has 0 aromatic rings. The van der Waals surface area contributed by atoms with Crippen LogP contribution in [0.4, 0.5) is 4.79 Å². The fourth-order valence-corrected chi connectivity index (χ4v) is 2.44. The van der Waals surface area contributed by atoms with E-state index in [1.54, 1.807) is 20.8 Å². The minimum absolute atomic E-state index is 0.0313. The fourth-order valence-electron chi connectivity index (χ4n) is 2.44. The monoisotopic (exact) mass is 385 g/mol. The Morgan fingerprint density at radius 1 is 1.22 bits per heavy atom. The number of piperidine rings is 1. The van der Waals surface area contributed by atoms with E-state index < -0.39 is 23.6 Å². The molecular weight excluding hydrogens is 358 g/mol. The normalized spacial score (nSPS) is 18.6. The minimum atomic E-state index is -0.868. The maximum atomic E-state index is 12.3. The van der Waals surface area contributed by atoms with Crippen molar-refractivity contribution in [3.8, 4) is 0 Å². The third-order valence-corrected chi connectivity index (χ3v) is 3.67. The third-order valence-electron chi connectivity index (χ3n) is 3.67. The van der Waals surface area contributed by atoms with E-state index in [1.165, 1.54) is 4.90 Å². The Morgan fingerprint density at radius 2 is 1.89 bits per heavy atom. The first-order chi connectivity index (χ1) is 12.6. The predicted octanol–water partition coefficient (Wildman–Crippen LogP) is 1.24. The van der Waals surface area contributed by atoms with Crippen molar-refractivity contribution in [2.24, 2.45) is 10.9 Å². The number of hydrogen-bond donors (Lipinski definition) is 2. The number of amidine groups is 1. The molecular formula is C17H27N3O7. The van der Waals surface area contributed by atoms with Crippen LogP contribution in [0, 0.1) is 5.92 Å². The van der Waals surface area contributed by atoms with E-state index >= 15 is 0 Å². The van der Waals surface area contributed by atoms with Gasteiger partial charge in [-0.15, -0.1) is 0 Å². The second-order valence-corrected chi connectivity index (χ2v) is 6.92. The van der Waals surface area contributed by atoms with Crippen molar-refractivity contribution in [1.29, 1.82) is 0 Å². The number of hydrogen-bond acceptors (Lipinski definition) is 8. The molecule has 1 unspecified atom stereocenters. The Hall–Kier alpha value is -2.62. The number of aliphatic imine (C=N–C) groups is 1. The van der Waals surface area contributed by atoms with Crippen molar-refractivity contribution in [1.82, 2.24) is 10.4 Å². The molecule has 1 aliphatic heterocycles. The maximum Gasteiger partial charge on any atom is 0.410 e. The summed E-state index contributed by atoms with van der Waals surface area (Å²) in [5.41, 5.74) is 0.986. The number of amides is 1. The SMILES string of the molecule is COC(=O)/C=C(/N=C(NO)C1CCCN(C(=O)OC(C)(C)C)C1)C(=O)OC. The van der Waals surface area contributed by atoms with Gasteiger partial charge in [-0.2, -0.15) is 0 Å². The van der Waals surface area contributed by atoms with Crippen LogP contribution in [-0.2, 0) is 23.8 Å². The number of ether oxygens (including phenoxy) is 3. The highest BCUT2D eigenvalue weighted by Gasteiger charge is 2.30. The van der Waals surface area contributed by atoms with Crippen LogP contribution >= 0.6 is 0 Å². The van der Waals surface area contributed by atoms with Crippen LogP contribution in [0.15, 0.2) is 16.8 Å². The number of methoxy groups -OCH3 is 2. The highest BCUT2D eigenvalue weighted by atomic mass is 16.6. The Bertz CT molecular complexity index is 623. The van der Waals surface area contributed by atoms with Crippen LogP contribution in [0.25, 0.3) is 0 Å². The summed E-state index contributed by atoms with van der Waals surface area (Å²) in [6.07, 6.45) is 1.65. The van der Waals surface area contributed by atoms with Crippen LogP contribution in [0.2, 0.25) is 0 Å². The number of nitrogens with one attached hydrogen (secondary N) is 1. The molecule has 152 valence electrons. The molecule has 0 aromatic carbocycles. The lowest BCUT2D eigenvalue weighted by Crippen LogP contribution is -2.46. The molecule has 1 amide bonds. The second kappa shape index (κ2) is 9.91. The van der Waals surface area contributed by atoms with Crippen molar-refractivity contribution in [3.63, 3.8) is 0 Å². The first kappa shape index (κ1) is 22.4. The standard InChI is InChI=1S/C17H27N3O7/c1-17(2,3)27-16(23)20-8-6-7-11(10-20)14(19-24)18-12(15(22)26-5)9-13(21)25-4/h9,11,24H,6-8,10H2,1-5H3,(H,18,19)/b12-9+. The van der Waals surface area contributed by atoms with Gasteiger partial charge in [-0.05, 0) is 33.6 Å². The zero-order valence-electron chi connectivity index (χ0n) is 16.3. The largest absolute Gasteiger partial charge is 0.466 e. The van der Waals surface area contributed by atoms with E-state index in [9.17, 15) is 19.6 Å². The van der Waals surface area contributed by atoms with Crippen molar-refractivity contribution < 1.29 is 33.8 Å². The first-order valence-electron chi connectivity index (χ1n) is 8.45. The molecule has 1 aliphatic rings. The summed E-state index contributed by atoms with van der Waals surface area (Å²) in [5, 5.41) is 9.47. The van der Waals surface area contributed by atoms with Gasteiger partial charge in [0, 0.05) is 19.0 Å². The predicted molar refractivity (Wildman–Crippen MR) is 95.0 cm³/mol. The molecule has 1 fully saturated rings. The minimum Gasteiger partial charge on any atom is -0.466 e. The van der Waals surface area contributed by atoms with E-state index in [4.69, 9.17) is 4.74 Å². The number of carbonyl (C=O) groups is 3. The van der Waals surface area contributed by atoms with Gasteiger partial charge in [-0.3, -0.25) is 10.7 Å². The van der Waals surface area contributed by atoms with Crippen LogP contribution in [0.1, 0.15) is 33.6 Å². The Balaban J connectivity index is 3.02. The van der Waals surface area contributed by atoms with Crippen LogP contribution in [0.5, 0.6) is 0 Å². The third kappa shape index (κ3) is 7.26. The molecule has 27 heavy (non-hydrogen) atoms. The van der Waals surface area contributed by atoms with Crippen molar-refractivity contribution in [2.45, 2.75) is 39.2 Å². The molecule has 0 spiro atoms. The second-order valence-electron chi connectivity index (χ2n) is 6.92. The lowest BCUT2D eigenvalue weighted by molar-refractivity contribution is -0.138. The number of hydroxylamine groups is 1. The number of nitrogens with zero attached hydrogens (tertiary/aromatic N) is 2. The average molecular weight is 385 g/mol. The van der Waals surface area contributed by atoms with Crippen LogP contribution in [0.3, 0.4) is 0 Å². The van der Waals surface area contributed by atoms with E-state index in [1.807, 2.05) is 5.48 Å². The zero-order chi connectivity index (χ0) is 20.6. The highest BCUT2D eigenvalue weighted by molar-refractivity contribution is 5.99. The summed E-state index contributed by atoms with van der Waals surface area (Å²) in [6.45, 7) is 6.05. The van der Waals surface area contributed by atoms with E-state index in [0.717, 1.165) is 20.3 Å². The number of rotatable bonds is 4. The number of likely N-dealkylation sites (tertiary alicyclic amines) is 1. The molecule has 10 heteroatoms. The van der Waals surface area contributed by atoms with Gasteiger partial charge >= 0.3 is 18.0 Å². The van der Waals surface area contributed by atoms with Gasteiger partial charge in [0.05, 0.1) is 20.3 Å². The molecule has 0 aliphatic carbocycles. The molecule has 10 nitrogen and oxygen atoms in total. The molecule has 1 heterocycles. The lowest BCUT2D eigenvalue weighted by Gasteiger charge is -2.34. The Labute approximate surface area is 158 Å². The topological polar surface area (TPSA) is 127 Å². The summed E-state index contributed by atoms with van der Waals surface area (Å²) >= 11 is 0. The molecule has 1 saturated heterocycles. The molecule has 1 atom stereocenters. The van der Waals surface area contributed by atoms with Crippen molar-refractivity contribution in [2.75, 3.05) is 27.3 Å². The quantitative estimate of drug-likeness (QED) is 0.185. The van der Waals surface area contributed by atoms with Gasteiger partial charge in [0.1, 0.15) is 11.4 Å². The molecule has 0 bridgehead atoms. The van der Waals surface area contributed by atoms with Gasteiger partial charge in [0.15, 0.2) is 5.70 Å². The first-order valence-corrected chi connectivity index (χ1v) is 8.45. The van der Waals surface area contributed by atoms with Crippen LogP contribution < -0.4 is 5.48 Å². The average Bonchev–Trinajstić information content (AvgIpc) is 2.62. The molecule has 1 rings (SSSR count). The van der Waals surface area contributed by atoms with E-state index in [0.29, 0.717) is 19.4 Å². The number of esters is 2. The Kier molecular flexibility index (Phi) is 8.23. The summed E-state index contributed by atoms with van der Waals surface area (Å²) < 4.78 is 14.4. The van der Waals surface area contributed by atoms with Gasteiger partial charge in [-0.25, -0.2) is 19.4 Å². The van der Waals surface area contributed by atoms with Gasteiger partial charge < -0.3 is 19.1 Å². The summed E-state index contributed by atoms with van der Waals surface area (Å²) in [5.74, 6) is -2.02. The fraction of sp³-hybridized carbons (Fsp3) is 0.647. The maximum absolute atomic E-state index is 12.3. The van der Waals surface area contributed by atoms with Crippen molar-refractivity contribution >= 4 is 23.9 Å². The molecule has 0 radical (unpaired) electrons. The van der Waals surface area contributed by atoms with Crippen molar-refractivity contribution in [3.05, 3.63) is 11.8 Å². The molecule has 0 aromatic heterocycles. The summed E-state index contributed by atoms with van der Waals surface area (Å²) in [4.78, 5) is 41.0. The smallest absolute Gasteiger partial charge is 0.410 e. The summed E-state index contributed by atoms with van der Waals surface area (Å²) in [6, 6.07) is 0. The van der Waals surface area contributed by atoms with E-state index in [-0.39, 0.29) is 24.0 Å². The Morgan fingerprint density at radius 3 is 2.41 bits per heavy atom. The lowest BCUT2D eigenvalue weighted by atomic mass is 9.97. The molecule has 0 saturated carbocycles. The van der Waals surface area contributed by atoms with E-state index in [2.05, 4.69) is 14.5 Å². The zero-order valence-corrected chi connectivity index (χ0v) is 16.3. The molecule has 2 N–H and O–H groups in total. The van der Waals surface area contributed by atoms with Gasteiger partial charge in [0.2, 0.25) is 0 Å². The van der Waals surface area contributed by atoms with Gasteiger partial charge in [-0.1, -0.05) is 0 Å². The van der Waals surface area contributed by atoms with Crippen LogP contribution in [-0.4, -0.2) is 66.9 Å². The summed E-state index contributed by atoms with van der Waals surface area (Å²) in [7, 11) is 2.29. The van der Waals surface area contributed by atoms with Gasteiger partial charge in [0.25, 0.3) is 0 Å². The number of carbonyl (C=O) groups excluding carboxylic acids is 3. The highest BCUT2D eigenvalue weighted by Crippen LogP contribution is 2.21.